The number of carbonyl (C=O) groups excluding carboxylic acids is 2. The second kappa shape index (κ2) is 13.9. The van der Waals surface area contributed by atoms with Crippen LogP contribution >= 0.6 is 0 Å². The molecule has 2 aliphatic rings. The average Bonchev–Trinajstić information content (AvgIpc) is 2.83. The SMILES string of the molecule is CCCc1cc(O)cc2c1C(=O)O[C@H](C)C/C=C/C(C)C/C=C/C(=N\OCC(=O)N1CCCCC1)C2. The lowest BCUT2D eigenvalue weighted by atomic mass is 9.93. The molecule has 0 aromatic heterocycles. The summed E-state index contributed by atoms with van der Waals surface area (Å²) < 4.78 is 5.79. The third-order valence-electron chi connectivity index (χ3n) is 6.52. The smallest absolute Gasteiger partial charge is 0.338 e. The molecule has 196 valence electrons. The second-order valence-corrected chi connectivity index (χ2v) is 9.86. The van der Waals surface area contributed by atoms with Crippen molar-refractivity contribution >= 4 is 17.6 Å². The minimum absolute atomic E-state index is 0.0662. The van der Waals surface area contributed by atoms with Crippen molar-refractivity contribution in [1.29, 1.82) is 0 Å². The molecular formula is C29H40N2O5. The Morgan fingerprint density at radius 2 is 1.94 bits per heavy atom. The van der Waals surface area contributed by atoms with Gasteiger partial charge in [0.15, 0.2) is 6.61 Å². The van der Waals surface area contributed by atoms with Crippen molar-refractivity contribution in [2.24, 2.45) is 11.1 Å². The van der Waals surface area contributed by atoms with Crippen LogP contribution in [0, 0.1) is 5.92 Å². The summed E-state index contributed by atoms with van der Waals surface area (Å²) in [6.45, 7) is 7.44. The van der Waals surface area contributed by atoms with Crippen LogP contribution in [0.5, 0.6) is 5.75 Å². The number of cyclic esters (lactones) is 1. The van der Waals surface area contributed by atoms with Crippen LogP contribution in [0.2, 0.25) is 0 Å². The summed E-state index contributed by atoms with van der Waals surface area (Å²) in [6.07, 6.45) is 14.2. The van der Waals surface area contributed by atoms with Crippen molar-refractivity contribution in [3.05, 3.63) is 53.1 Å². The van der Waals surface area contributed by atoms with Crippen LogP contribution in [0.3, 0.4) is 0 Å². The summed E-state index contributed by atoms with van der Waals surface area (Å²) in [6, 6.07) is 3.23. The molecule has 7 heteroatoms. The van der Waals surface area contributed by atoms with Crippen molar-refractivity contribution in [2.75, 3.05) is 19.7 Å². The third kappa shape index (κ3) is 8.25. The van der Waals surface area contributed by atoms with Crippen LogP contribution in [-0.2, 0) is 27.2 Å². The Hall–Kier alpha value is -3.09. The van der Waals surface area contributed by atoms with Gasteiger partial charge in [-0.2, -0.15) is 0 Å². The molecule has 0 bridgehead atoms. The molecule has 1 unspecified atom stereocenters. The van der Waals surface area contributed by atoms with Crippen molar-refractivity contribution in [1.82, 2.24) is 4.90 Å². The molecule has 1 amide bonds. The number of benzene rings is 1. The molecule has 3 rings (SSSR count). The summed E-state index contributed by atoms with van der Waals surface area (Å²) in [7, 11) is 0. The maximum absolute atomic E-state index is 13.3. The van der Waals surface area contributed by atoms with Crippen LogP contribution in [0.1, 0.15) is 80.8 Å². The maximum Gasteiger partial charge on any atom is 0.338 e. The number of aryl methyl sites for hydroxylation is 1. The molecular weight excluding hydrogens is 456 g/mol. The van der Waals surface area contributed by atoms with Gasteiger partial charge in [-0.25, -0.2) is 4.79 Å². The van der Waals surface area contributed by atoms with Crippen molar-refractivity contribution < 1.29 is 24.3 Å². The summed E-state index contributed by atoms with van der Waals surface area (Å²) >= 11 is 0. The zero-order valence-electron chi connectivity index (χ0n) is 21.9. The normalized spacial score (nSPS) is 24.4. The fourth-order valence-electron chi connectivity index (χ4n) is 4.63. The van der Waals surface area contributed by atoms with Gasteiger partial charge < -0.3 is 19.6 Å². The van der Waals surface area contributed by atoms with E-state index in [0.717, 1.165) is 50.8 Å². The van der Waals surface area contributed by atoms with Gasteiger partial charge in [0.05, 0.1) is 11.3 Å². The summed E-state index contributed by atoms with van der Waals surface area (Å²) in [5.41, 5.74) is 2.43. The first kappa shape index (κ1) is 27.5. The number of esters is 1. The molecule has 0 saturated carbocycles. The molecule has 2 heterocycles. The first-order chi connectivity index (χ1) is 17.4. The van der Waals surface area contributed by atoms with E-state index >= 15 is 0 Å². The number of amides is 1. The minimum Gasteiger partial charge on any atom is -0.508 e. The Balaban J connectivity index is 1.91. The molecule has 2 atom stereocenters. The van der Waals surface area contributed by atoms with Crippen LogP contribution in [0.4, 0.5) is 0 Å². The Morgan fingerprint density at radius 3 is 2.69 bits per heavy atom. The van der Waals surface area contributed by atoms with Crippen LogP contribution in [0.25, 0.3) is 0 Å². The van der Waals surface area contributed by atoms with Crippen LogP contribution in [0.15, 0.2) is 41.6 Å². The highest BCUT2D eigenvalue weighted by Gasteiger charge is 2.22. The number of likely N-dealkylation sites (tertiary alicyclic amines) is 1. The zero-order valence-corrected chi connectivity index (χ0v) is 21.9. The van der Waals surface area contributed by atoms with Crippen molar-refractivity contribution in [3.63, 3.8) is 0 Å². The number of piperidine rings is 1. The predicted molar refractivity (Wildman–Crippen MR) is 141 cm³/mol. The molecule has 0 aliphatic carbocycles. The molecule has 0 radical (unpaired) electrons. The fourth-order valence-corrected chi connectivity index (χ4v) is 4.63. The first-order valence-corrected chi connectivity index (χ1v) is 13.2. The second-order valence-electron chi connectivity index (χ2n) is 9.86. The van der Waals surface area contributed by atoms with Gasteiger partial charge in [-0.05, 0) is 74.3 Å². The van der Waals surface area contributed by atoms with E-state index in [0.29, 0.717) is 35.6 Å². The molecule has 7 nitrogen and oxygen atoms in total. The predicted octanol–water partition coefficient (Wildman–Crippen LogP) is 5.36. The number of allylic oxidation sites excluding steroid dienone is 3. The monoisotopic (exact) mass is 496 g/mol. The van der Waals surface area contributed by atoms with Gasteiger partial charge in [0, 0.05) is 25.9 Å². The van der Waals surface area contributed by atoms with Gasteiger partial charge in [0.1, 0.15) is 11.9 Å². The maximum atomic E-state index is 13.3. The number of phenolic OH excluding ortho intramolecular Hbond substituents is 1. The van der Waals surface area contributed by atoms with Gasteiger partial charge >= 0.3 is 5.97 Å². The highest BCUT2D eigenvalue weighted by Crippen LogP contribution is 2.26. The Morgan fingerprint density at radius 1 is 1.17 bits per heavy atom. The zero-order chi connectivity index (χ0) is 25.9. The van der Waals surface area contributed by atoms with Crippen LogP contribution < -0.4 is 0 Å². The highest BCUT2D eigenvalue weighted by atomic mass is 16.6. The average molecular weight is 497 g/mol. The van der Waals surface area contributed by atoms with E-state index in [9.17, 15) is 14.7 Å². The van der Waals surface area contributed by atoms with Gasteiger partial charge in [-0.3, -0.25) is 4.79 Å². The van der Waals surface area contributed by atoms with E-state index in [1.165, 1.54) is 0 Å². The van der Waals surface area contributed by atoms with Gasteiger partial charge in [0.2, 0.25) is 0 Å². The van der Waals surface area contributed by atoms with E-state index in [2.05, 4.69) is 24.2 Å². The lowest BCUT2D eigenvalue weighted by molar-refractivity contribution is -0.137. The Bertz CT molecular complexity index is 992. The van der Waals surface area contributed by atoms with E-state index in [1.54, 1.807) is 12.1 Å². The number of fused-ring (bicyclic) bond motifs is 1. The molecule has 2 aliphatic heterocycles. The fraction of sp³-hybridized carbons (Fsp3) is 0.552. The Labute approximate surface area is 214 Å². The number of hydrogen-bond acceptors (Lipinski definition) is 6. The number of nitrogens with zero attached hydrogens (tertiary/aromatic N) is 2. The molecule has 1 fully saturated rings. The van der Waals surface area contributed by atoms with Gasteiger partial charge in [-0.15, -0.1) is 0 Å². The van der Waals surface area contributed by atoms with Gasteiger partial charge in [-0.1, -0.05) is 43.7 Å². The lowest BCUT2D eigenvalue weighted by Gasteiger charge is -2.26. The first-order valence-electron chi connectivity index (χ1n) is 13.2. The molecule has 1 N–H and O–H groups in total. The quantitative estimate of drug-likeness (QED) is 0.337. The van der Waals surface area contributed by atoms with E-state index in [4.69, 9.17) is 9.57 Å². The largest absolute Gasteiger partial charge is 0.508 e. The summed E-state index contributed by atoms with van der Waals surface area (Å²) in [4.78, 5) is 33.1. The molecule has 1 aromatic carbocycles. The third-order valence-corrected chi connectivity index (χ3v) is 6.52. The van der Waals surface area contributed by atoms with E-state index in [-0.39, 0.29) is 30.8 Å². The van der Waals surface area contributed by atoms with Gasteiger partial charge in [0.25, 0.3) is 5.91 Å². The molecule has 0 spiro atoms. The number of phenols is 1. The Kier molecular flexibility index (Phi) is 10.6. The highest BCUT2D eigenvalue weighted by molar-refractivity contribution is 6.00. The summed E-state index contributed by atoms with van der Waals surface area (Å²) in [5, 5.41) is 14.7. The number of carbonyl (C=O) groups is 2. The molecule has 36 heavy (non-hydrogen) atoms. The molecule has 1 saturated heterocycles. The number of hydrogen-bond donors (Lipinski definition) is 1. The number of aromatic hydroxyl groups is 1. The molecule has 1 aromatic rings. The van der Waals surface area contributed by atoms with Crippen molar-refractivity contribution in [2.45, 2.75) is 78.2 Å². The number of rotatable bonds is 5. The standard InChI is InChI=1S/C29H40N2O5/c1-4-10-23-18-26(32)19-24-17-25(30-35-20-27(33)31-15-6-5-7-16-31)14-9-12-21(2)11-8-13-22(3)36-29(34)28(23)24/h8-9,11,14,18-19,21-22,32H,4-7,10,12-13,15-17,20H2,1-3H3/b11-8+,14-9+,30-25+/t21?,22-/m1/s1. The topological polar surface area (TPSA) is 88.4 Å². The van der Waals surface area contributed by atoms with Crippen molar-refractivity contribution in [3.8, 4) is 5.75 Å². The number of ether oxygens (including phenoxy) is 1. The van der Waals surface area contributed by atoms with E-state index < -0.39 is 5.97 Å². The van der Waals surface area contributed by atoms with Crippen LogP contribution in [-0.4, -0.2) is 53.4 Å². The van der Waals surface area contributed by atoms with E-state index in [1.807, 2.05) is 30.9 Å². The lowest BCUT2D eigenvalue weighted by Crippen LogP contribution is -2.37. The minimum atomic E-state index is -0.399. The summed E-state index contributed by atoms with van der Waals surface area (Å²) in [5.74, 6) is -0.0600. The number of oxime groups is 1.